The monoisotopic (exact) mass is 352 g/mol. The second-order valence-corrected chi connectivity index (χ2v) is 6.87. The molecular formula is C18H13ClN4S. The van der Waals surface area contributed by atoms with Crippen molar-refractivity contribution in [1.82, 2.24) is 15.0 Å². The van der Waals surface area contributed by atoms with E-state index in [0.717, 1.165) is 16.6 Å². The molecule has 0 aliphatic heterocycles. The molecule has 2 N–H and O–H groups in total. The van der Waals surface area contributed by atoms with Crippen molar-refractivity contribution in [2.24, 2.45) is 0 Å². The fraction of sp³-hybridized carbons (Fsp3) is 0.0556. The highest BCUT2D eigenvalue weighted by Gasteiger charge is 2.12. The average Bonchev–Trinajstić information content (AvgIpc) is 2.99. The zero-order chi connectivity index (χ0) is 16.5. The lowest BCUT2D eigenvalue weighted by Crippen LogP contribution is -1.97. The molecule has 4 aromatic rings. The van der Waals surface area contributed by atoms with Gasteiger partial charge in [0.15, 0.2) is 5.82 Å². The van der Waals surface area contributed by atoms with Crippen molar-refractivity contribution >= 4 is 39.0 Å². The first-order valence-electron chi connectivity index (χ1n) is 7.42. The van der Waals surface area contributed by atoms with E-state index in [1.165, 1.54) is 10.4 Å². The van der Waals surface area contributed by atoms with Crippen LogP contribution in [0.15, 0.2) is 54.6 Å². The Balaban J connectivity index is 1.75. The Morgan fingerprint density at radius 1 is 0.958 bits per heavy atom. The molecule has 4 nitrogen and oxygen atoms in total. The fourth-order valence-electron chi connectivity index (χ4n) is 2.52. The molecule has 118 valence electrons. The summed E-state index contributed by atoms with van der Waals surface area (Å²) in [6.07, 6.45) is 0.853. The number of hydrogen-bond acceptors (Lipinski definition) is 5. The van der Waals surface area contributed by atoms with Gasteiger partial charge in [-0.15, -0.1) is 11.3 Å². The SMILES string of the molecule is Nc1nc(-c2cccc(Cl)n2)nc2sc(Cc3ccccc3)cc12. The number of halogens is 1. The van der Waals surface area contributed by atoms with Crippen molar-refractivity contribution in [2.45, 2.75) is 6.42 Å². The van der Waals surface area contributed by atoms with E-state index in [1.54, 1.807) is 17.4 Å². The van der Waals surface area contributed by atoms with Crippen LogP contribution in [0, 0.1) is 0 Å². The van der Waals surface area contributed by atoms with Gasteiger partial charge in [0.25, 0.3) is 0 Å². The van der Waals surface area contributed by atoms with E-state index in [1.807, 2.05) is 30.3 Å². The van der Waals surface area contributed by atoms with E-state index >= 15 is 0 Å². The summed E-state index contributed by atoms with van der Waals surface area (Å²) in [5.74, 6) is 0.961. The summed E-state index contributed by atoms with van der Waals surface area (Å²) in [5.41, 5.74) is 8.01. The van der Waals surface area contributed by atoms with Crippen LogP contribution in [0.3, 0.4) is 0 Å². The number of rotatable bonds is 3. The highest BCUT2D eigenvalue weighted by Crippen LogP contribution is 2.31. The summed E-state index contributed by atoms with van der Waals surface area (Å²) in [6, 6.07) is 17.8. The Morgan fingerprint density at radius 3 is 2.58 bits per heavy atom. The number of anilines is 1. The zero-order valence-electron chi connectivity index (χ0n) is 12.6. The lowest BCUT2D eigenvalue weighted by Gasteiger charge is -2.02. The molecule has 0 fully saturated rings. The molecule has 0 radical (unpaired) electrons. The second-order valence-electron chi connectivity index (χ2n) is 5.37. The lowest BCUT2D eigenvalue weighted by atomic mass is 10.1. The van der Waals surface area contributed by atoms with E-state index in [9.17, 15) is 0 Å². The van der Waals surface area contributed by atoms with Crippen LogP contribution in [0.1, 0.15) is 10.4 Å². The molecule has 0 aliphatic carbocycles. The predicted octanol–water partition coefficient (Wildman–Crippen LogP) is 4.58. The number of nitrogens with zero attached hydrogens (tertiary/aromatic N) is 3. The molecule has 3 aromatic heterocycles. The van der Waals surface area contributed by atoms with Gasteiger partial charge >= 0.3 is 0 Å². The minimum atomic E-state index is 0.408. The molecule has 3 heterocycles. The molecule has 0 saturated carbocycles. The summed E-state index contributed by atoms with van der Waals surface area (Å²) in [5, 5.41) is 1.29. The standard InChI is InChI=1S/C18H13ClN4S/c19-15-8-4-7-14(21-15)17-22-16(20)13-10-12(24-18(13)23-17)9-11-5-2-1-3-6-11/h1-8,10H,9H2,(H2,20,22,23). The molecule has 6 heteroatoms. The predicted molar refractivity (Wildman–Crippen MR) is 99.3 cm³/mol. The molecule has 0 unspecified atom stereocenters. The third-order valence-corrected chi connectivity index (χ3v) is 4.88. The van der Waals surface area contributed by atoms with Gasteiger partial charge in [0.05, 0.1) is 5.39 Å². The number of pyridine rings is 1. The lowest BCUT2D eigenvalue weighted by molar-refractivity contribution is 1.19. The van der Waals surface area contributed by atoms with E-state index in [-0.39, 0.29) is 0 Å². The molecule has 0 saturated heterocycles. The number of thiophene rings is 1. The third-order valence-electron chi connectivity index (χ3n) is 3.64. The normalized spacial score (nSPS) is 11.0. The first-order chi connectivity index (χ1) is 11.7. The maximum atomic E-state index is 6.13. The molecule has 24 heavy (non-hydrogen) atoms. The van der Waals surface area contributed by atoms with E-state index in [4.69, 9.17) is 17.3 Å². The molecule has 1 aromatic carbocycles. The van der Waals surface area contributed by atoms with Gasteiger partial charge in [0.2, 0.25) is 0 Å². The first-order valence-corrected chi connectivity index (χ1v) is 8.61. The minimum absolute atomic E-state index is 0.408. The van der Waals surface area contributed by atoms with Gasteiger partial charge in [-0.1, -0.05) is 48.0 Å². The van der Waals surface area contributed by atoms with Gasteiger partial charge in [-0.05, 0) is 23.8 Å². The van der Waals surface area contributed by atoms with Crippen LogP contribution in [0.2, 0.25) is 5.15 Å². The Morgan fingerprint density at radius 2 is 1.79 bits per heavy atom. The quantitative estimate of drug-likeness (QED) is 0.548. The first kappa shape index (κ1) is 15.1. The van der Waals surface area contributed by atoms with Crippen LogP contribution in [0.25, 0.3) is 21.7 Å². The molecule has 4 rings (SSSR count). The topological polar surface area (TPSA) is 64.7 Å². The van der Waals surface area contributed by atoms with Crippen molar-refractivity contribution < 1.29 is 0 Å². The van der Waals surface area contributed by atoms with Gasteiger partial charge in [-0.3, -0.25) is 0 Å². The smallest absolute Gasteiger partial charge is 0.181 e. The fourth-order valence-corrected chi connectivity index (χ4v) is 3.76. The zero-order valence-corrected chi connectivity index (χ0v) is 14.2. The van der Waals surface area contributed by atoms with E-state index in [2.05, 4.69) is 33.2 Å². The van der Waals surface area contributed by atoms with Crippen molar-refractivity contribution in [3.05, 3.63) is 70.2 Å². The Hall–Kier alpha value is -2.50. The van der Waals surface area contributed by atoms with Gasteiger partial charge < -0.3 is 5.73 Å². The van der Waals surface area contributed by atoms with Crippen molar-refractivity contribution in [2.75, 3.05) is 5.73 Å². The summed E-state index contributed by atoms with van der Waals surface area (Å²) in [4.78, 5) is 15.3. The molecule has 0 aliphatic rings. The maximum absolute atomic E-state index is 6.13. The van der Waals surface area contributed by atoms with Gasteiger partial charge in [0, 0.05) is 11.3 Å². The van der Waals surface area contributed by atoms with E-state index in [0.29, 0.717) is 22.5 Å². The van der Waals surface area contributed by atoms with Gasteiger partial charge in [-0.25, -0.2) is 15.0 Å². The molecular weight excluding hydrogens is 340 g/mol. The number of nitrogen functional groups attached to an aromatic ring is 1. The summed E-state index contributed by atoms with van der Waals surface area (Å²) in [6.45, 7) is 0. The third kappa shape index (κ3) is 2.96. The van der Waals surface area contributed by atoms with Gasteiger partial charge in [0.1, 0.15) is 21.5 Å². The molecule has 0 bridgehead atoms. The summed E-state index contributed by atoms with van der Waals surface area (Å²) >= 11 is 7.58. The van der Waals surface area contributed by atoms with Crippen LogP contribution in [0.5, 0.6) is 0 Å². The van der Waals surface area contributed by atoms with Crippen LogP contribution in [-0.4, -0.2) is 15.0 Å². The number of benzene rings is 1. The molecule has 0 spiro atoms. The van der Waals surface area contributed by atoms with Crippen molar-refractivity contribution in [3.63, 3.8) is 0 Å². The number of fused-ring (bicyclic) bond motifs is 1. The highest BCUT2D eigenvalue weighted by atomic mass is 35.5. The summed E-state index contributed by atoms with van der Waals surface area (Å²) in [7, 11) is 0. The minimum Gasteiger partial charge on any atom is -0.383 e. The van der Waals surface area contributed by atoms with E-state index < -0.39 is 0 Å². The van der Waals surface area contributed by atoms with Crippen molar-refractivity contribution in [3.8, 4) is 11.5 Å². The Labute approximate surface area is 148 Å². The van der Waals surface area contributed by atoms with Crippen LogP contribution in [-0.2, 0) is 6.42 Å². The molecule has 0 atom stereocenters. The van der Waals surface area contributed by atoms with Gasteiger partial charge in [-0.2, -0.15) is 0 Å². The Kier molecular flexibility index (Phi) is 3.88. The average molecular weight is 353 g/mol. The number of nitrogens with two attached hydrogens (primary N) is 1. The van der Waals surface area contributed by atoms with Crippen LogP contribution >= 0.6 is 22.9 Å². The second kappa shape index (κ2) is 6.19. The Bertz CT molecular complexity index is 1010. The van der Waals surface area contributed by atoms with Crippen molar-refractivity contribution in [1.29, 1.82) is 0 Å². The summed E-state index contributed by atoms with van der Waals surface area (Å²) < 4.78 is 0. The number of hydrogen-bond donors (Lipinski definition) is 1. The highest BCUT2D eigenvalue weighted by molar-refractivity contribution is 7.18. The number of aromatic nitrogens is 3. The van der Waals surface area contributed by atoms with Crippen LogP contribution < -0.4 is 5.73 Å². The largest absolute Gasteiger partial charge is 0.383 e. The maximum Gasteiger partial charge on any atom is 0.181 e. The van der Waals surface area contributed by atoms with Crippen LogP contribution in [0.4, 0.5) is 5.82 Å². The molecule has 0 amide bonds.